The number of allylic oxidation sites excluding steroid dienone is 1. The van der Waals surface area contributed by atoms with Crippen LogP contribution in [0.3, 0.4) is 0 Å². The Bertz CT molecular complexity index is 513. The van der Waals surface area contributed by atoms with Crippen molar-refractivity contribution in [3.05, 3.63) is 34.7 Å². The zero-order valence-corrected chi connectivity index (χ0v) is 10.9. The van der Waals surface area contributed by atoms with Gasteiger partial charge in [0.25, 0.3) is 5.56 Å². The van der Waals surface area contributed by atoms with E-state index in [0.29, 0.717) is 5.69 Å². The van der Waals surface area contributed by atoms with E-state index in [1.807, 2.05) is 11.8 Å². The van der Waals surface area contributed by atoms with Gasteiger partial charge >= 0.3 is 6.98 Å². The molecule has 8 heteroatoms. The van der Waals surface area contributed by atoms with Gasteiger partial charge in [-0.25, -0.2) is 4.68 Å². The molecule has 0 aromatic carbocycles. The van der Waals surface area contributed by atoms with Crippen molar-refractivity contribution < 1.29 is 12.9 Å². The maximum Gasteiger partial charge on any atom is 0.506 e. The first-order valence-corrected chi connectivity index (χ1v) is 5.91. The van der Waals surface area contributed by atoms with E-state index in [1.54, 1.807) is 7.05 Å². The molecule has 0 aliphatic heterocycles. The highest BCUT2D eigenvalue weighted by Crippen LogP contribution is 2.19. The summed E-state index contributed by atoms with van der Waals surface area (Å²) in [6.45, 7) is -0.104. The van der Waals surface area contributed by atoms with Gasteiger partial charge in [-0.2, -0.15) is 5.10 Å². The molecule has 0 aliphatic carbocycles. The first kappa shape index (κ1) is 15.3. The summed E-state index contributed by atoms with van der Waals surface area (Å²) in [5, 5.41) is 3.75. The van der Waals surface area contributed by atoms with Gasteiger partial charge in [-0.15, -0.1) is 12.1 Å². The van der Waals surface area contributed by atoms with Crippen LogP contribution in [0.5, 0.6) is 0 Å². The smallest absolute Gasteiger partial charge is 0.445 e. The molecule has 0 N–H and O–H groups in total. The largest absolute Gasteiger partial charge is 0.506 e. The quantitative estimate of drug-likeness (QED) is 0.745. The molecule has 0 saturated heterocycles. The van der Waals surface area contributed by atoms with Gasteiger partial charge in [0, 0.05) is 26.2 Å². The Kier molecular flexibility index (Phi) is 4.80. The molecule has 0 amide bonds. The molecule has 106 valence electrons. The van der Waals surface area contributed by atoms with Gasteiger partial charge in [0.05, 0.1) is 11.9 Å². The summed E-state index contributed by atoms with van der Waals surface area (Å²) in [5.74, 6) is 0. The maximum atomic E-state index is 12.4. The Labute approximate surface area is 109 Å². The van der Waals surface area contributed by atoms with E-state index in [-0.39, 0.29) is 0 Å². The van der Waals surface area contributed by atoms with Gasteiger partial charge in [-0.05, 0) is 6.42 Å². The van der Waals surface area contributed by atoms with Crippen molar-refractivity contribution in [3.63, 3.8) is 0 Å². The van der Waals surface area contributed by atoms with Crippen LogP contribution < -0.4 is 10.5 Å². The molecule has 19 heavy (non-hydrogen) atoms. The van der Waals surface area contributed by atoms with Crippen molar-refractivity contribution >= 4 is 12.7 Å². The summed E-state index contributed by atoms with van der Waals surface area (Å²) in [6.07, 6.45) is 2.28. The second-order valence-electron chi connectivity index (χ2n) is 4.36. The minimum Gasteiger partial charge on any atom is -0.445 e. The lowest BCUT2D eigenvalue weighted by Gasteiger charge is -2.20. The average molecular weight is 274 g/mol. The van der Waals surface area contributed by atoms with Crippen LogP contribution in [-0.4, -0.2) is 30.4 Å². The maximum absolute atomic E-state index is 12.4. The summed E-state index contributed by atoms with van der Waals surface area (Å²) < 4.78 is 37.9. The van der Waals surface area contributed by atoms with E-state index in [4.69, 9.17) is 0 Å². The first-order chi connectivity index (χ1) is 8.75. The number of halogens is 3. The fourth-order valence-electron chi connectivity index (χ4n) is 1.51. The Balaban J connectivity index is 2.90. The van der Waals surface area contributed by atoms with E-state index in [1.165, 1.54) is 12.3 Å². The summed E-state index contributed by atoms with van der Waals surface area (Å²) in [5.41, 5.74) is -0.919. The summed E-state index contributed by atoms with van der Waals surface area (Å²) >= 11 is 0. The highest BCUT2D eigenvalue weighted by molar-refractivity contribution is 6.66. The molecule has 0 saturated carbocycles. The molecule has 0 radical (unpaired) electrons. The third-order valence-electron chi connectivity index (χ3n) is 2.67. The molecule has 1 aromatic heterocycles. The number of anilines is 1. The lowest BCUT2D eigenvalue weighted by molar-refractivity contribution is 0.477. The van der Waals surface area contributed by atoms with Crippen LogP contribution >= 0.6 is 0 Å². The molecular formula is C11H16BF3N3O-. The van der Waals surface area contributed by atoms with Crippen molar-refractivity contribution in [2.24, 2.45) is 0 Å². The molecule has 0 spiro atoms. The molecule has 0 bridgehead atoms. The second-order valence-corrected chi connectivity index (χ2v) is 4.36. The van der Waals surface area contributed by atoms with Crippen LogP contribution in [0.4, 0.5) is 18.6 Å². The van der Waals surface area contributed by atoms with Crippen LogP contribution in [0.1, 0.15) is 13.3 Å². The molecule has 0 atom stereocenters. The number of hydrogen-bond donors (Lipinski definition) is 0. The third-order valence-corrected chi connectivity index (χ3v) is 2.67. The molecule has 0 unspecified atom stereocenters. The van der Waals surface area contributed by atoms with Crippen molar-refractivity contribution in [2.75, 3.05) is 18.5 Å². The van der Waals surface area contributed by atoms with Gasteiger partial charge < -0.3 is 17.8 Å². The van der Waals surface area contributed by atoms with Gasteiger partial charge in [0.1, 0.15) is 0 Å². The van der Waals surface area contributed by atoms with E-state index in [0.717, 1.165) is 17.6 Å². The number of rotatable bonds is 6. The third kappa shape index (κ3) is 4.15. The Morgan fingerprint density at radius 3 is 2.63 bits per heavy atom. The Hall–Kier alpha value is -1.73. The van der Waals surface area contributed by atoms with Crippen LogP contribution in [-0.2, 0) is 6.54 Å². The number of aromatic nitrogens is 2. The summed E-state index contributed by atoms with van der Waals surface area (Å²) in [4.78, 5) is 13.5. The molecule has 1 rings (SSSR count). The van der Waals surface area contributed by atoms with E-state index in [2.05, 4.69) is 11.7 Å². The molecule has 0 aliphatic rings. The van der Waals surface area contributed by atoms with Crippen LogP contribution in [0.25, 0.3) is 0 Å². The minimum atomic E-state index is -5.15. The molecule has 4 nitrogen and oxygen atoms in total. The predicted octanol–water partition coefficient (Wildman–Crippen LogP) is 2.03. The van der Waals surface area contributed by atoms with Gasteiger partial charge in [0.2, 0.25) is 0 Å². The first-order valence-electron chi connectivity index (χ1n) is 5.91. The lowest BCUT2D eigenvalue weighted by atomic mass is 9.80. The zero-order valence-electron chi connectivity index (χ0n) is 10.9. The van der Waals surface area contributed by atoms with Crippen LogP contribution in [0.15, 0.2) is 29.1 Å². The number of hydrogen-bond acceptors (Lipinski definition) is 3. The topological polar surface area (TPSA) is 38.1 Å². The van der Waals surface area contributed by atoms with Crippen molar-refractivity contribution in [3.8, 4) is 0 Å². The van der Waals surface area contributed by atoms with Crippen molar-refractivity contribution in [1.29, 1.82) is 0 Å². The van der Waals surface area contributed by atoms with Crippen LogP contribution in [0, 0.1) is 0 Å². The fourth-order valence-corrected chi connectivity index (χ4v) is 1.51. The minimum absolute atomic E-state index is 0.568. The SMILES string of the molecule is C=C(Cn1ncc(N(C)CCC)cc1=O)[B-](F)(F)F. The second kappa shape index (κ2) is 5.94. The van der Waals surface area contributed by atoms with E-state index < -0.39 is 24.6 Å². The Morgan fingerprint density at radius 1 is 1.53 bits per heavy atom. The highest BCUT2D eigenvalue weighted by Gasteiger charge is 2.27. The zero-order chi connectivity index (χ0) is 14.6. The Morgan fingerprint density at radius 2 is 2.16 bits per heavy atom. The molecular weight excluding hydrogens is 258 g/mol. The lowest BCUT2D eigenvalue weighted by Crippen LogP contribution is -2.30. The predicted molar refractivity (Wildman–Crippen MR) is 70.3 cm³/mol. The molecule has 1 heterocycles. The van der Waals surface area contributed by atoms with E-state index in [9.17, 15) is 17.7 Å². The normalized spacial score (nSPS) is 11.4. The monoisotopic (exact) mass is 274 g/mol. The van der Waals surface area contributed by atoms with Crippen molar-refractivity contribution in [1.82, 2.24) is 9.78 Å². The molecule has 0 fully saturated rings. The highest BCUT2D eigenvalue weighted by atomic mass is 19.4. The van der Waals surface area contributed by atoms with Crippen molar-refractivity contribution in [2.45, 2.75) is 19.9 Å². The van der Waals surface area contributed by atoms with E-state index >= 15 is 0 Å². The van der Waals surface area contributed by atoms with Gasteiger partial charge in [-0.3, -0.25) is 4.79 Å². The number of nitrogens with zero attached hydrogens (tertiary/aromatic N) is 3. The van der Waals surface area contributed by atoms with Gasteiger partial charge in [0.15, 0.2) is 0 Å². The van der Waals surface area contributed by atoms with Gasteiger partial charge in [-0.1, -0.05) is 6.92 Å². The summed E-state index contributed by atoms with van der Waals surface area (Å²) in [6, 6.07) is 1.28. The average Bonchev–Trinajstić information content (AvgIpc) is 2.30. The van der Waals surface area contributed by atoms with Crippen LogP contribution in [0.2, 0.25) is 0 Å². The summed E-state index contributed by atoms with van der Waals surface area (Å²) in [7, 11) is 1.79. The fraction of sp³-hybridized carbons (Fsp3) is 0.455. The molecule has 1 aromatic rings. The standard InChI is InChI=1S/C11H16BF3N3O/c1-4-5-17(3)10-6-11(19)18(16-7-10)8-9(2)12(13,14)15/h6-7H,2,4-5,8H2,1,3H3/q-1.